The van der Waals surface area contributed by atoms with Gasteiger partial charge in [-0.05, 0) is 38.5 Å². The molecule has 2 N–H and O–H groups in total. The minimum Gasteiger partial charge on any atom is -0.365 e. The molecule has 2 aliphatic rings. The van der Waals surface area contributed by atoms with Crippen LogP contribution in [0.2, 0.25) is 10.0 Å². The first-order valence-electron chi connectivity index (χ1n) is 9.25. The van der Waals surface area contributed by atoms with Crippen molar-refractivity contribution in [1.29, 1.82) is 0 Å². The molecule has 1 aromatic carbocycles. The molecule has 2 aliphatic heterocycles. The van der Waals surface area contributed by atoms with Crippen molar-refractivity contribution in [3.05, 3.63) is 28.2 Å². The molecule has 0 bridgehead atoms. The zero-order valence-electron chi connectivity index (χ0n) is 16.1. The molecule has 3 rings (SSSR count). The highest BCUT2D eigenvalue weighted by atomic mass is 35.5. The number of hydrogen-bond acceptors (Lipinski definition) is 4. The lowest BCUT2D eigenvalue weighted by molar-refractivity contribution is -0.137. The molecule has 152 valence electrons. The molecule has 0 aromatic heterocycles. The van der Waals surface area contributed by atoms with E-state index >= 15 is 0 Å². The van der Waals surface area contributed by atoms with E-state index in [9.17, 15) is 14.4 Å². The number of nitrogens with zero attached hydrogens (tertiary/aromatic N) is 2. The summed E-state index contributed by atoms with van der Waals surface area (Å²) in [5.74, 6) is -0.802. The van der Waals surface area contributed by atoms with Crippen molar-refractivity contribution in [2.75, 3.05) is 24.5 Å². The quantitative estimate of drug-likeness (QED) is 0.724. The van der Waals surface area contributed by atoms with E-state index in [-0.39, 0.29) is 18.4 Å². The summed E-state index contributed by atoms with van der Waals surface area (Å²) in [7, 11) is 0. The lowest BCUT2D eigenvalue weighted by Gasteiger charge is -2.42. The maximum absolute atomic E-state index is 12.9. The number of halogens is 2. The molecule has 0 unspecified atom stereocenters. The molecule has 9 heteroatoms. The lowest BCUT2D eigenvalue weighted by atomic mass is 9.89. The van der Waals surface area contributed by atoms with Crippen LogP contribution in [0.4, 0.5) is 10.5 Å². The number of imide groups is 1. The van der Waals surface area contributed by atoms with E-state index in [1.165, 1.54) is 0 Å². The molecular formula is C19H24Cl2N4O3. The second-order valence-corrected chi connectivity index (χ2v) is 8.59. The molecule has 7 nitrogen and oxygen atoms in total. The highest BCUT2D eigenvalue weighted by Gasteiger charge is 2.44. The number of carbonyl (C=O) groups is 3. The maximum atomic E-state index is 12.9. The van der Waals surface area contributed by atoms with Crippen molar-refractivity contribution >= 4 is 46.7 Å². The third-order valence-corrected chi connectivity index (χ3v) is 6.17. The number of anilines is 1. The van der Waals surface area contributed by atoms with Gasteiger partial charge in [0.1, 0.15) is 5.54 Å². The predicted octanol–water partition coefficient (Wildman–Crippen LogP) is 2.65. The summed E-state index contributed by atoms with van der Waals surface area (Å²) in [6.07, 6.45) is 0.255. The van der Waals surface area contributed by atoms with Gasteiger partial charge in [0.2, 0.25) is 5.91 Å². The smallest absolute Gasteiger partial charge is 0.322 e. The molecule has 0 radical (unpaired) electrons. The van der Waals surface area contributed by atoms with Gasteiger partial charge in [-0.2, -0.15) is 0 Å². The van der Waals surface area contributed by atoms with E-state index < -0.39 is 23.4 Å². The normalized spacial score (nSPS) is 26.1. The van der Waals surface area contributed by atoms with Crippen LogP contribution in [0.1, 0.15) is 27.2 Å². The Bertz CT molecular complexity index is 818. The molecule has 2 heterocycles. The summed E-state index contributed by atoms with van der Waals surface area (Å²) in [4.78, 5) is 40.4. The van der Waals surface area contributed by atoms with Crippen LogP contribution in [0.25, 0.3) is 0 Å². The van der Waals surface area contributed by atoms with Gasteiger partial charge in [-0.3, -0.25) is 14.9 Å². The highest BCUT2D eigenvalue weighted by Crippen LogP contribution is 2.30. The predicted molar refractivity (Wildman–Crippen MR) is 109 cm³/mol. The van der Waals surface area contributed by atoms with Crippen LogP contribution in [-0.4, -0.2) is 54.0 Å². The molecule has 1 aromatic rings. The average Bonchev–Trinajstić information content (AvgIpc) is 2.88. The first-order valence-corrected chi connectivity index (χ1v) is 10.0. The van der Waals surface area contributed by atoms with E-state index in [2.05, 4.69) is 22.5 Å². The number of amides is 4. The molecular weight excluding hydrogens is 403 g/mol. The zero-order valence-corrected chi connectivity index (χ0v) is 17.6. The molecule has 4 amide bonds. The SMILES string of the molecule is C[C@@H](C[C@@]1(C)NC(=O)NC1=O)C(=O)N1CCN(c2ccc(Cl)c(Cl)c2)[C@@H](C)C1. The fourth-order valence-electron chi connectivity index (χ4n) is 3.94. The van der Waals surface area contributed by atoms with E-state index in [1.54, 1.807) is 19.9 Å². The lowest BCUT2D eigenvalue weighted by Crippen LogP contribution is -2.55. The number of hydrogen-bond donors (Lipinski definition) is 2. The Labute approximate surface area is 174 Å². The fourth-order valence-corrected chi connectivity index (χ4v) is 4.23. The van der Waals surface area contributed by atoms with Gasteiger partial charge in [-0.1, -0.05) is 30.1 Å². The van der Waals surface area contributed by atoms with Crippen molar-refractivity contribution in [2.45, 2.75) is 38.8 Å². The first kappa shape index (κ1) is 20.7. The van der Waals surface area contributed by atoms with Crippen LogP contribution in [0.5, 0.6) is 0 Å². The van der Waals surface area contributed by atoms with Crippen molar-refractivity contribution in [2.24, 2.45) is 5.92 Å². The van der Waals surface area contributed by atoms with E-state index in [0.29, 0.717) is 29.7 Å². The largest absolute Gasteiger partial charge is 0.365 e. The molecule has 2 saturated heterocycles. The molecule has 0 saturated carbocycles. The van der Waals surface area contributed by atoms with Crippen LogP contribution in [-0.2, 0) is 9.59 Å². The molecule has 3 atom stereocenters. The van der Waals surface area contributed by atoms with Crippen LogP contribution in [0.3, 0.4) is 0 Å². The van der Waals surface area contributed by atoms with E-state index in [0.717, 1.165) is 5.69 Å². The monoisotopic (exact) mass is 426 g/mol. The average molecular weight is 427 g/mol. The maximum Gasteiger partial charge on any atom is 0.322 e. The van der Waals surface area contributed by atoms with Gasteiger partial charge in [0.15, 0.2) is 0 Å². The van der Waals surface area contributed by atoms with E-state index in [4.69, 9.17) is 23.2 Å². The van der Waals surface area contributed by atoms with Gasteiger partial charge in [-0.15, -0.1) is 0 Å². The van der Waals surface area contributed by atoms with Crippen molar-refractivity contribution < 1.29 is 14.4 Å². The molecule has 0 aliphatic carbocycles. The van der Waals surface area contributed by atoms with Crippen LogP contribution in [0, 0.1) is 5.92 Å². The summed E-state index contributed by atoms with van der Waals surface area (Å²) in [5.41, 5.74) is -0.0838. The Morgan fingerprint density at radius 2 is 2.00 bits per heavy atom. The summed E-state index contributed by atoms with van der Waals surface area (Å²) >= 11 is 12.1. The second kappa shape index (κ2) is 7.79. The third-order valence-electron chi connectivity index (χ3n) is 5.43. The van der Waals surface area contributed by atoms with Crippen LogP contribution in [0.15, 0.2) is 18.2 Å². The van der Waals surface area contributed by atoms with Crippen molar-refractivity contribution in [3.63, 3.8) is 0 Å². The zero-order chi connectivity index (χ0) is 20.6. The van der Waals surface area contributed by atoms with Crippen LogP contribution >= 0.6 is 23.2 Å². The van der Waals surface area contributed by atoms with Gasteiger partial charge in [0, 0.05) is 37.3 Å². The fraction of sp³-hybridized carbons (Fsp3) is 0.526. The molecule has 28 heavy (non-hydrogen) atoms. The molecule has 2 fully saturated rings. The van der Waals surface area contributed by atoms with Gasteiger partial charge in [0.05, 0.1) is 10.0 Å². The first-order chi connectivity index (χ1) is 13.1. The van der Waals surface area contributed by atoms with Gasteiger partial charge in [0.25, 0.3) is 5.91 Å². The summed E-state index contributed by atoms with van der Waals surface area (Å²) in [5, 5.41) is 5.86. The van der Waals surface area contributed by atoms with Crippen LogP contribution < -0.4 is 15.5 Å². The Hall–Kier alpha value is -1.99. The second-order valence-electron chi connectivity index (χ2n) is 7.77. The number of carbonyl (C=O) groups excluding carboxylic acids is 3. The number of rotatable bonds is 4. The topological polar surface area (TPSA) is 81.8 Å². The molecule has 0 spiro atoms. The number of urea groups is 1. The Kier molecular flexibility index (Phi) is 5.77. The van der Waals surface area contributed by atoms with Gasteiger partial charge >= 0.3 is 6.03 Å². The standard InChI is InChI=1S/C19H24Cl2N4O3/c1-11(9-19(3)17(27)22-18(28)23-19)16(26)24-6-7-25(12(2)10-24)13-4-5-14(20)15(21)8-13/h4-5,8,11-12H,6-7,9-10H2,1-3H3,(H2,22,23,27,28)/t11-,12-,19+/m0/s1. The minimum absolute atomic E-state index is 0.0178. The van der Waals surface area contributed by atoms with E-state index in [1.807, 2.05) is 17.0 Å². The van der Waals surface area contributed by atoms with Crippen molar-refractivity contribution in [1.82, 2.24) is 15.5 Å². The number of piperazine rings is 1. The third kappa shape index (κ3) is 4.05. The Morgan fingerprint density at radius 1 is 1.29 bits per heavy atom. The summed E-state index contributed by atoms with van der Waals surface area (Å²) in [6.45, 7) is 7.30. The summed E-state index contributed by atoms with van der Waals surface area (Å²) in [6, 6.07) is 5.12. The van der Waals surface area contributed by atoms with Crippen molar-refractivity contribution in [3.8, 4) is 0 Å². The Balaban J connectivity index is 1.63. The van der Waals surface area contributed by atoms with Gasteiger partial charge < -0.3 is 15.1 Å². The minimum atomic E-state index is -1.06. The number of benzene rings is 1. The summed E-state index contributed by atoms with van der Waals surface area (Å²) < 4.78 is 0. The Morgan fingerprint density at radius 3 is 2.57 bits per heavy atom. The number of nitrogens with one attached hydrogen (secondary N) is 2. The van der Waals surface area contributed by atoms with Gasteiger partial charge in [-0.25, -0.2) is 4.79 Å². The highest BCUT2D eigenvalue weighted by molar-refractivity contribution is 6.42.